The topological polar surface area (TPSA) is 69.6 Å². The average molecular weight is 408 g/mol. The minimum Gasteiger partial charge on any atom is -0.356 e. The van der Waals surface area contributed by atoms with Gasteiger partial charge in [-0.3, -0.25) is 9.59 Å². The minimum atomic E-state index is 0.00619. The molecule has 2 aliphatic heterocycles. The summed E-state index contributed by atoms with van der Waals surface area (Å²) >= 11 is 0. The Labute approximate surface area is 177 Å². The number of hydrogen-bond acceptors (Lipinski definition) is 6. The predicted molar refractivity (Wildman–Crippen MR) is 117 cm³/mol. The standard InChI is InChI=1S/C23H29N5O2/c1-17(29)19-6-8-20(9-7-19)23(30)28-14-12-27(13-15-28)22-16-21(24-18(2)25-22)26-10-4-3-5-11-26/h6-9,16H,3-5,10-15H2,1-2H3. The fraction of sp³-hybridized carbons (Fsp3) is 0.478. The Bertz CT molecular complexity index is 914. The Morgan fingerprint density at radius 1 is 0.767 bits per heavy atom. The number of piperidine rings is 1. The van der Waals surface area contributed by atoms with Crippen molar-refractivity contribution in [3.63, 3.8) is 0 Å². The molecular formula is C23H29N5O2. The van der Waals surface area contributed by atoms with Crippen molar-refractivity contribution in [1.29, 1.82) is 0 Å². The molecular weight excluding hydrogens is 378 g/mol. The molecule has 7 heteroatoms. The molecule has 1 aromatic carbocycles. The van der Waals surface area contributed by atoms with E-state index in [4.69, 9.17) is 0 Å². The van der Waals surface area contributed by atoms with Crippen LogP contribution in [0, 0.1) is 6.92 Å². The average Bonchev–Trinajstić information content (AvgIpc) is 2.79. The zero-order chi connectivity index (χ0) is 21.1. The van der Waals surface area contributed by atoms with Crippen LogP contribution < -0.4 is 9.80 Å². The van der Waals surface area contributed by atoms with Crippen LogP contribution in [0.25, 0.3) is 0 Å². The number of hydrogen-bond donors (Lipinski definition) is 0. The molecule has 0 atom stereocenters. The van der Waals surface area contributed by atoms with Gasteiger partial charge in [-0.1, -0.05) is 12.1 Å². The van der Waals surface area contributed by atoms with Crippen molar-refractivity contribution < 1.29 is 9.59 Å². The highest BCUT2D eigenvalue weighted by Gasteiger charge is 2.24. The Morgan fingerprint density at radius 3 is 1.87 bits per heavy atom. The predicted octanol–water partition coefficient (Wildman–Crippen LogP) is 2.94. The van der Waals surface area contributed by atoms with Crippen LogP contribution in [0.4, 0.5) is 11.6 Å². The number of rotatable bonds is 4. The van der Waals surface area contributed by atoms with E-state index in [0.717, 1.165) is 43.6 Å². The van der Waals surface area contributed by atoms with E-state index in [0.29, 0.717) is 24.2 Å². The summed E-state index contributed by atoms with van der Waals surface area (Å²) in [5, 5.41) is 0. The first kappa shape index (κ1) is 20.3. The Balaban J connectivity index is 1.41. The van der Waals surface area contributed by atoms with Crippen LogP contribution in [-0.4, -0.2) is 65.8 Å². The van der Waals surface area contributed by atoms with Crippen molar-refractivity contribution in [3.8, 4) is 0 Å². The third-order valence-electron chi connectivity index (χ3n) is 5.92. The molecule has 0 N–H and O–H groups in total. The molecule has 2 aromatic rings. The lowest BCUT2D eigenvalue weighted by Gasteiger charge is -2.36. The summed E-state index contributed by atoms with van der Waals surface area (Å²) < 4.78 is 0. The van der Waals surface area contributed by atoms with Gasteiger partial charge in [0.25, 0.3) is 5.91 Å². The molecule has 1 aromatic heterocycles. The van der Waals surface area contributed by atoms with E-state index in [9.17, 15) is 9.59 Å². The van der Waals surface area contributed by atoms with Gasteiger partial charge in [-0.25, -0.2) is 9.97 Å². The molecule has 2 aliphatic rings. The molecule has 0 spiro atoms. The van der Waals surface area contributed by atoms with Crippen LogP contribution in [-0.2, 0) is 0 Å². The zero-order valence-electron chi connectivity index (χ0n) is 17.8. The molecule has 0 unspecified atom stereocenters. The maximum Gasteiger partial charge on any atom is 0.253 e. The van der Waals surface area contributed by atoms with Crippen LogP contribution in [0.5, 0.6) is 0 Å². The first-order valence-corrected chi connectivity index (χ1v) is 10.8. The van der Waals surface area contributed by atoms with E-state index in [1.165, 1.54) is 26.2 Å². The van der Waals surface area contributed by atoms with Crippen LogP contribution in [0.3, 0.4) is 0 Å². The fourth-order valence-corrected chi connectivity index (χ4v) is 4.15. The van der Waals surface area contributed by atoms with Gasteiger partial charge in [0.1, 0.15) is 17.5 Å². The molecule has 0 aliphatic carbocycles. The van der Waals surface area contributed by atoms with Crippen LogP contribution in [0.15, 0.2) is 30.3 Å². The van der Waals surface area contributed by atoms with E-state index in [2.05, 4.69) is 25.8 Å². The largest absolute Gasteiger partial charge is 0.356 e. The maximum absolute atomic E-state index is 12.8. The van der Waals surface area contributed by atoms with Gasteiger partial charge < -0.3 is 14.7 Å². The highest BCUT2D eigenvalue weighted by atomic mass is 16.2. The second-order valence-electron chi connectivity index (χ2n) is 8.09. The van der Waals surface area contributed by atoms with Gasteiger partial charge in [0.2, 0.25) is 0 Å². The maximum atomic E-state index is 12.8. The Morgan fingerprint density at radius 2 is 1.30 bits per heavy atom. The molecule has 158 valence electrons. The number of aromatic nitrogens is 2. The monoisotopic (exact) mass is 407 g/mol. The summed E-state index contributed by atoms with van der Waals surface area (Å²) in [4.78, 5) is 40.0. The number of benzene rings is 1. The molecule has 0 saturated carbocycles. The van der Waals surface area contributed by atoms with Crippen LogP contribution >= 0.6 is 0 Å². The summed E-state index contributed by atoms with van der Waals surface area (Å²) in [7, 11) is 0. The number of amides is 1. The first-order valence-electron chi connectivity index (χ1n) is 10.8. The third kappa shape index (κ3) is 4.45. The summed E-state index contributed by atoms with van der Waals surface area (Å²) in [6.07, 6.45) is 3.72. The lowest BCUT2D eigenvalue weighted by atomic mass is 10.1. The molecule has 0 radical (unpaired) electrons. The van der Waals surface area contributed by atoms with Gasteiger partial charge in [-0.2, -0.15) is 0 Å². The Kier molecular flexibility index (Phi) is 5.97. The van der Waals surface area contributed by atoms with E-state index < -0.39 is 0 Å². The number of piperazine rings is 1. The van der Waals surface area contributed by atoms with E-state index in [1.807, 2.05) is 11.8 Å². The summed E-state index contributed by atoms with van der Waals surface area (Å²) in [5.41, 5.74) is 1.25. The van der Waals surface area contributed by atoms with Gasteiger partial charge in [0, 0.05) is 56.5 Å². The molecule has 7 nitrogen and oxygen atoms in total. The zero-order valence-corrected chi connectivity index (χ0v) is 17.8. The van der Waals surface area contributed by atoms with Crippen molar-refractivity contribution in [2.45, 2.75) is 33.1 Å². The number of Topliss-reactive ketones (excluding diaryl/α,β-unsaturated/α-hetero) is 1. The number of aryl methyl sites for hydroxylation is 1. The minimum absolute atomic E-state index is 0.00619. The smallest absolute Gasteiger partial charge is 0.253 e. The first-order chi connectivity index (χ1) is 14.5. The van der Waals surface area contributed by atoms with Gasteiger partial charge in [0.05, 0.1) is 0 Å². The normalized spacial score (nSPS) is 17.2. The molecule has 2 saturated heterocycles. The molecule has 30 heavy (non-hydrogen) atoms. The molecule has 3 heterocycles. The summed E-state index contributed by atoms with van der Waals surface area (Å²) in [6.45, 7) is 8.37. The van der Waals surface area contributed by atoms with Crippen molar-refractivity contribution in [3.05, 3.63) is 47.3 Å². The van der Waals surface area contributed by atoms with E-state index >= 15 is 0 Å². The molecule has 4 rings (SSSR count). The number of nitrogens with zero attached hydrogens (tertiary/aromatic N) is 5. The molecule has 2 fully saturated rings. The second kappa shape index (κ2) is 8.81. The van der Waals surface area contributed by atoms with Crippen molar-refractivity contribution in [2.24, 2.45) is 0 Å². The van der Waals surface area contributed by atoms with Gasteiger partial charge >= 0.3 is 0 Å². The Hall–Kier alpha value is -2.96. The van der Waals surface area contributed by atoms with E-state index in [-0.39, 0.29) is 11.7 Å². The van der Waals surface area contributed by atoms with E-state index in [1.54, 1.807) is 24.3 Å². The number of carbonyl (C=O) groups is 2. The highest BCUT2D eigenvalue weighted by Crippen LogP contribution is 2.23. The summed E-state index contributed by atoms with van der Waals surface area (Å²) in [5.74, 6) is 2.77. The van der Waals surface area contributed by atoms with Gasteiger partial charge in [-0.05, 0) is 45.2 Å². The summed E-state index contributed by atoms with van der Waals surface area (Å²) in [6, 6.07) is 9.01. The second-order valence-corrected chi connectivity index (χ2v) is 8.09. The van der Waals surface area contributed by atoms with Crippen molar-refractivity contribution in [2.75, 3.05) is 49.1 Å². The van der Waals surface area contributed by atoms with Crippen molar-refractivity contribution >= 4 is 23.3 Å². The number of ketones is 1. The fourth-order valence-electron chi connectivity index (χ4n) is 4.15. The molecule has 1 amide bonds. The quantitative estimate of drug-likeness (QED) is 0.726. The van der Waals surface area contributed by atoms with Gasteiger partial charge in [-0.15, -0.1) is 0 Å². The third-order valence-corrected chi connectivity index (χ3v) is 5.92. The SMILES string of the molecule is CC(=O)c1ccc(C(=O)N2CCN(c3cc(N4CCCCC4)nc(C)n3)CC2)cc1. The van der Waals surface area contributed by atoms with Crippen LogP contribution in [0.2, 0.25) is 0 Å². The molecule has 0 bridgehead atoms. The lowest BCUT2D eigenvalue weighted by Crippen LogP contribution is -2.49. The number of carbonyl (C=O) groups excluding carboxylic acids is 2. The lowest BCUT2D eigenvalue weighted by molar-refractivity contribution is 0.0746. The number of anilines is 2. The van der Waals surface area contributed by atoms with Crippen LogP contribution in [0.1, 0.15) is 52.7 Å². The highest BCUT2D eigenvalue weighted by molar-refractivity contribution is 5.97. The van der Waals surface area contributed by atoms with Crippen molar-refractivity contribution in [1.82, 2.24) is 14.9 Å². The van der Waals surface area contributed by atoms with Gasteiger partial charge in [0.15, 0.2) is 5.78 Å².